The lowest BCUT2D eigenvalue weighted by molar-refractivity contribution is -0.159. The number of carbonyl (C=O) groups excluding carboxylic acids is 4. The number of carbonyl (C=O) groups is 4. The molecule has 0 bridgehead atoms. The van der Waals surface area contributed by atoms with E-state index in [2.05, 4.69) is 9.97 Å². The smallest absolute Gasteiger partial charge is 0.326 e. The van der Waals surface area contributed by atoms with Crippen molar-refractivity contribution in [1.29, 1.82) is 0 Å². The van der Waals surface area contributed by atoms with Crippen LogP contribution in [0.5, 0.6) is 0 Å². The Balaban J connectivity index is 2.47. The topological polar surface area (TPSA) is 136 Å². The highest BCUT2D eigenvalue weighted by molar-refractivity contribution is 6.07. The average Bonchev–Trinajstić information content (AvgIpc) is 3.18. The average molecular weight is 526 g/mol. The molecule has 0 N–H and O–H groups in total. The van der Waals surface area contributed by atoms with Crippen molar-refractivity contribution < 1.29 is 38.1 Å². The second kappa shape index (κ2) is 12.8. The number of fused-ring (bicyclic) bond motifs is 1. The SMILES string of the molecule is CCOC(=O)C(C(=O)OCC)c1cccc2c(C)c(C(C(=O)OCC)C(=O)OCC)n(-c3ncccn3)c12. The number of aryl methyl sites for hydroxylation is 1. The van der Waals surface area contributed by atoms with E-state index >= 15 is 0 Å². The van der Waals surface area contributed by atoms with Crippen LogP contribution in [0, 0.1) is 6.92 Å². The van der Waals surface area contributed by atoms with Gasteiger partial charge in [-0.15, -0.1) is 0 Å². The van der Waals surface area contributed by atoms with Crippen LogP contribution in [0.15, 0.2) is 36.7 Å². The lowest BCUT2D eigenvalue weighted by atomic mass is 9.95. The van der Waals surface area contributed by atoms with Gasteiger partial charge in [0, 0.05) is 23.3 Å². The molecule has 0 atom stereocenters. The summed E-state index contributed by atoms with van der Waals surface area (Å²) in [5, 5.41) is 0.558. The molecular weight excluding hydrogens is 494 g/mol. The molecule has 1 aromatic carbocycles. The minimum absolute atomic E-state index is 0.0366. The molecule has 2 aromatic heterocycles. The third-order valence-electron chi connectivity index (χ3n) is 5.75. The highest BCUT2D eigenvalue weighted by atomic mass is 16.6. The van der Waals surface area contributed by atoms with Crippen LogP contribution in [0.25, 0.3) is 16.9 Å². The van der Waals surface area contributed by atoms with Crippen molar-refractivity contribution in [2.45, 2.75) is 46.5 Å². The Morgan fingerprint density at radius 2 is 1.21 bits per heavy atom. The van der Waals surface area contributed by atoms with Gasteiger partial charge in [0.15, 0.2) is 11.8 Å². The number of hydrogen-bond acceptors (Lipinski definition) is 10. The second-order valence-electron chi connectivity index (χ2n) is 8.01. The number of rotatable bonds is 11. The molecule has 0 aliphatic heterocycles. The van der Waals surface area contributed by atoms with E-state index in [4.69, 9.17) is 18.9 Å². The normalized spacial score (nSPS) is 11.0. The van der Waals surface area contributed by atoms with Gasteiger partial charge in [-0.1, -0.05) is 18.2 Å². The lowest BCUT2D eigenvalue weighted by Gasteiger charge is -2.20. The Morgan fingerprint density at radius 3 is 1.68 bits per heavy atom. The summed E-state index contributed by atoms with van der Waals surface area (Å²) < 4.78 is 22.4. The molecule has 2 heterocycles. The summed E-state index contributed by atoms with van der Waals surface area (Å²) >= 11 is 0. The van der Waals surface area contributed by atoms with Crippen molar-refractivity contribution in [3.05, 3.63) is 53.5 Å². The van der Waals surface area contributed by atoms with Crippen molar-refractivity contribution in [2.24, 2.45) is 0 Å². The summed E-state index contributed by atoms with van der Waals surface area (Å²) in [6.45, 7) is 8.41. The van der Waals surface area contributed by atoms with Gasteiger partial charge in [-0.05, 0) is 46.2 Å². The maximum absolute atomic E-state index is 13.2. The predicted molar refractivity (Wildman–Crippen MR) is 136 cm³/mol. The minimum atomic E-state index is -1.48. The minimum Gasteiger partial charge on any atom is -0.465 e. The van der Waals surface area contributed by atoms with Crippen molar-refractivity contribution in [2.75, 3.05) is 26.4 Å². The fraction of sp³-hybridized carbons (Fsp3) is 0.407. The van der Waals surface area contributed by atoms with Gasteiger partial charge in [-0.2, -0.15) is 0 Å². The van der Waals surface area contributed by atoms with Crippen molar-refractivity contribution >= 4 is 34.8 Å². The fourth-order valence-electron chi connectivity index (χ4n) is 4.30. The number of aromatic nitrogens is 3. The first kappa shape index (κ1) is 28.3. The molecule has 0 saturated heterocycles. The van der Waals surface area contributed by atoms with Crippen molar-refractivity contribution in [1.82, 2.24) is 14.5 Å². The van der Waals surface area contributed by atoms with Gasteiger partial charge >= 0.3 is 23.9 Å². The Morgan fingerprint density at radius 1 is 0.737 bits per heavy atom. The number of nitrogens with zero attached hydrogens (tertiary/aromatic N) is 3. The second-order valence-corrected chi connectivity index (χ2v) is 8.01. The Kier molecular flexibility index (Phi) is 9.53. The van der Waals surface area contributed by atoms with Gasteiger partial charge in [0.1, 0.15) is 0 Å². The monoisotopic (exact) mass is 525 g/mol. The molecule has 0 saturated carbocycles. The van der Waals surface area contributed by atoms with Crippen molar-refractivity contribution in [3.8, 4) is 5.95 Å². The first-order valence-corrected chi connectivity index (χ1v) is 12.4. The summed E-state index contributed by atoms with van der Waals surface area (Å²) in [5.74, 6) is -6.04. The molecule has 0 unspecified atom stereocenters. The standard InChI is InChI=1S/C27H31N3O8/c1-6-35-23(31)19(24(32)36-7-2)18-13-10-12-17-16(5)21(20(25(33)37-8-3)26(34)38-9-4)30(22(17)18)27-28-14-11-15-29-27/h10-15,19-20H,6-9H2,1-5H3. The maximum atomic E-state index is 13.2. The Hall–Kier alpha value is -4.28. The van der Waals surface area contributed by atoms with E-state index in [0.717, 1.165) is 0 Å². The van der Waals surface area contributed by atoms with E-state index in [1.165, 1.54) is 17.0 Å². The zero-order valence-corrected chi connectivity index (χ0v) is 22.1. The van der Waals surface area contributed by atoms with E-state index in [9.17, 15) is 19.2 Å². The molecule has 3 rings (SSSR count). The molecular formula is C27H31N3O8. The molecule has 0 amide bonds. The van der Waals surface area contributed by atoms with Crippen LogP contribution in [-0.4, -0.2) is 64.8 Å². The zero-order chi connectivity index (χ0) is 27.8. The molecule has 11 nitrogen and oxygen atoms in total. The molecule has 0 radical (unpaired) electrons. The molecule has 3 aromatic rings. The first-order valence-electron chi connectivity index (χ1n) is 12.4. The molecule has 0 aliphatic rings. The zero-order valence-electron chi connectivity index (χ0n) is 22.1. The summed E-state index contributed by atoms with van der Waals surface area (Å²) in [5.41, 5.74) is 1.30. The van der Waals surface area contributed by atoms with E-state index in [-0.39, 0.29) is 43.6 Å². The van der Waals surface area contributed by atoms with Gasteiger partial charge in [0.2, 0.25) is 5.95 Å². The number of para-hydroxylation sites is 1. The molecule has 11 heteroatoms. The predicted octanol–water partition coefficient (Wildman–Crippen LogP) is 3.15. The highest BCUT2D eigenvalue weighted by Crippen LogP contribution is 2.38. The lowest BCUT2D eigenvalue weighted by Crippen LogP contribution is -2.29. The van der Waals surface area contributed by atoms with Crippen LogP contribution in [0.3, 0.4) is 0 Å². The van der Waals surface area contributed by atoms with E-state index in [0.29, 0.717) is 16.5 Å². The number of benzene rings is 1. The third kappa shape index (κ3) is 5.51. The van der Waals surface area contributed by atoms with E-state index < -0.39 is 35.7 Å². The molecule has 202 valence electrons. The van der Waals surface area contributed by atoms with Crippen LogP contribution in [0.4, 0.5) is 0 Å². The Bertz CT molecular complexity index is 1280. The first-order chi connectivity index (χ1) is 18.3. The highest BCUT2D eigenvalue weighted by Gasteiger charge is 2.40. The molecule has 0 spiro atoms. The summed E-state index contributed by atoms with van der Waals surface area (Å²) in [6, 6.07) is 6.61. The summed E-state index contributed by atoms with van der Waals surface area (Å²) in [7, 11) is 0. The Labute approximate surface area is 220 Å². The van der Waals surface area contributed by atoms with Gasteiger partial charge in [0.25, 0.3) is 0 Å². The van der Waals surface area contributed by atoms with Crippen LogP contribution in [0.2, 0.25) is 0 Å². The number of esters is 4. The van der Waals surface area contributed by atoms with Crippen LogP contribution >= 0.6 is 0 Å². The van der Waals surface area contributed by atoms with Crippen LogP contribution < -0.4 is 0 Å². The van der Waals surface area contributed by atoms with Crippen LogP contribution in [-0.2, 0) is 38.1 Å². The van der Waals surface area contributed by atoms with Gasteiger partial charge in [-0.3, -0.25) is 23.7 Å². The number of ether oxygens (including phenoxy) is 4. The van der Waals surface area contributed by atoms with E-state index in [1.807, 2.05) is 0 Å². The summed E-state index contributed by atoms with van der Waals surface area (Å²) in [6.07, 6.45) is 2.99. The maximum Gasteiger partial charge on any atom is 0.326 e. The molecule has 38 heavy (non-hydrogen) atoms. The summed E-state index contributed by atoms with van der Waals surface area (Å²) in [4.78, 5) is 61.1. The molecule has 0 aliphatic carbocycles. The van der Waals surface area contributed by atoms with Gasteiger partial charge in [0.05, 0.1) is 37.6 Å². The third-order valence-corrected chi connectivity index (χ3v) is 5.75. The van der Waals surface area contributed by atoms with E-state index in [1.54, 1.807) is 58.9 Å². The van der Waals surface area contributed by atoms with Gasteiger partial charge < -0.3 is 18.9 Å². The quantitative estimate of drug-likeness (QED) is 0.209. The number of hydrogen-bond donors (Lipinski definition) is 0. The molecule has 0 fully saturated rings. The van der Waals surface area contributed by atoms with Gasteiger partial charge in [-0.25, -0.2) is 9.97 Å². The van der Waals surface area contributed by atoms with Crippen LogP contribution in [0.1, 0.15) is 56.4 Å². The van der Waals surface area contributed by atoms with Crippen molar-refractivity contribution in [3.63, 3.8) is 0 Å². The largest absolute Gasteiger partial charge is 0.465 e. The fourth-order valence-corrected chi connectivity index (χ4v) is 4.30.